The van der Waals surface area contributed by atoms with Gasteiger partial charge in [0.2, 0.25) is 0 Å². The van der Waals surface area contributed by atoms with E-state index in [9.17, 15) is 0 Å². The molecule has 0 saturated heterocycles. The number of hydrogen-bond acceptors (Lipinski definition) is 2. The second-order valence-corrected chi connectivity index (χ2v) is 9.97. The largest absolute Gasteiger partial charge is 0.737 e. The molecule has 0 unspecified atom stereocenters. The van der Waals surface area contributed by atoms with Crippen LogP contribution in [0.15, 0.2) is 71.9 Å². The Morgan fingerprint density at radius 3 is 2.52 bits per heavy atom. The fraction of sp³-hybridized carbons (Fsp3) is 0.154. The first-order valence-electron chi connectivity index (χ1n) is 11.0. The molecular formula is C26H22BF2N3S. The minimum atomic E-state index is -3.96. The molecule has 0 radical (unpaired) electrons. The quantitative estimate of drug-likeness (QED) is 0.303. The first-order valence-corrected chi connectivity index (χ1v) is 11.8. The number of para-hydroxylation sites is 1. The van der Waals surface area contributed by atoms with Gasteiger partial charge in [0, 0.05) is 34.5 Å². The number of aromatic nitrogens is 2. The van der Waals surface area contributed by atoms with Gasteiger partial charge in [-0.3, -0.25) is 0 Å². The number of nitrogens with zero attached hydrogens (tertiary/aromatic N) is 3. The van der Waals surface area contributed by atoms with Crippen LogP contribution in [0.1, 0.15) is 35.7 Å². The number of pyridine rings is 1. The molecule has 3 nitrogen and oxygen atoms in total. The summed E-state index contributed by atoms with van der Waals surface area (Å²) in [5.74, 6) is 0. The molecule has 2 aliphatic heterocycles. The Balaban J connectivity index is 1.59. The van der Waals surface area contributed by atoms with E-state index >= 15 is 8.63 Å². The summed E-state index contributed by atoms with van der Waals surface area (Å²) in [7, 11) is 0. The third-order valence-electron chi connectivity index (χ3n) is 6.64. The monoisotopic (exact) mass is 457 g/mol. The highest BCUT2D eigenvalue weighted by Crippen LogP contribution is 2.46. The highest BCUT2D eigenvalue weighted by atomic mass is 32.1. The van der Waals surface area contributed by atoms with Crippen molar-refractivity contribution in [2.75, 3.05) is 0 Å². The smallest absolute Gasteiger partial charge is 0.393 e. The molecule has 0 bridgehead atoms. The van der Waals surface area contributed by atoms with E-state index in [1.54, 1.807) is 25.2 Å². The van der Waals surface area contributed by atoms with Crippen molar-refractivity contribution in [1.29, 1.82) is 0 Å². The molecule has 33 heavy (non-hydrogen) atoms. The lowest BCUT2D eigenvalue weighted by Crippen LogP contribution is -2.51. The Morgan fingerprint density at radius 2 is 1.70 bits per heavy atom. The van der Waals surface area contributed by atoms with Crippen molar-refractivity contribution >= 4 is 40.5 Å². The molecule has 164 valence electrons. The summed E-state index contributed by atoms with van der Waals surface area (Å²) in [4.78, 5) is 6.82. The number of halogens is 2. The van der Waals surface area contributed by atoms with Crippen molar-refractivity contribution in [3.8, 4) is 10.6 Å². The molecule has 0 atom stereocenters. The normalized spacial score (nSPS) is 17.0. The van der Waals surface area contributed by atoms with Gasteiger partial charge in [-0.15, -0.1) is 11.3 Å². The summed E-state index contributed by atoms with van der Waals surface area (Å²) in [5.41, 5.74) is 6.83. The fourth-order valence-electron chi connectivity index (χ4n) is 5.35. The molecule has 4 aromatic rings. The summed E-state index contributed by atoms with van der Waals surface area (Å²) in [5, 5.41) is 1.09. The van der Waals surface area contributed by atoms with Crippen LogP contribution in [0.25, 0.3) is 27.0 Å². The second-order valence-electron chi connectivity index (χ2n) is 8.89. The third-order valence-corrected chi connectivity index (χ3v) is 7.76. The Morgan fingerprint density at radius 1 is 0.939 bits per heavy atom. The maximum Gasteiger partial charge on any atom is 0.737 e. The summed E-state index contributed by atoms with van der Waals surface area (Å²) < 4.78 is 34.1. The predicted octanol–water partition coefficient (Wildman–Crippen LogP) is 6.81. The van der Waals surface area contributed by atoms with Crippen molar-refractivity contribution in [2.24, 2.45) is 0 Å². The fourth-order valence-corrected chi connectivity index (χ4v) is 6.37. The number of allylic oxidation sites excluding steroid dienone is 2. The van der Waals surface area contributed by atoms with Crippen LogP contribution in [0.2, 0.25) is 0 Å². The van der Waals surface area contributed by atoms with Gasteiger partial charge in [-0.2, -0.15) is 0 Å². The van der Waals surface area contributed by atoms with Gasteiger partial charge in [0.05, 0.1) is 21.7 Å². The van der Waals surface area contributed by atoms with Gasteiger partial charge in [0.1, 0.15) is 5.71 Å². The van der Waals surface area contributed by atoms with Gasteiger partial charge in [-0.1, -0.05) is 24.3 Å². The van der Waals surface area contributed by atoms with Crippen LogP contribution in [-0.2, 0) is 0 Å². The number of hydrogen-bond donors (Lipinski definition) is 0. The molecule has 6 rings (SSSR count). The van der Waals surface area contributed by atoms with E-state index < -0.39 is 6.97 Å². The Hall–Kier alpha value is -3.32. The van der Waals surface area contributed by atoms with Gasteiger partial charge in [-0.05, 0) is 62.4 Å². The molecule has 0 fully saturated rings. The molecule has 0 spiro atoms. The van der Waals surface area contributed by atoms with Crippen LogP contribution < -0.4 is 0 Å². The van der Waals surface area contributed by atoms with Crippen LogP contribution in [-0.4, -0.2) is 26.6 Å². The van der Waals surface area contributed by atoms with E-state index in [1.807, 2.05) is 68.5 Å². The maximum atomic E-state index is 15.8. The lowest BCUT2D eigenvalue weighted by Gasteiger charge is -2.33. The van der Waals surface area contributed by atoms with E-state index in [0.29, 0.717) is 22.8 Å². The van der Waals surface area contributed by atoms with Crippen molar-refractivity contribution < 1.29 is 13.1 Å². The number of rotatable bonds is 2. The van der Waals surface area contributed by atoms with E-state index in [1.165, 1.54) is 8.96 Å². The number of benzene rings is 1. The molecule has 0 N–H and O–H groups in total. The van der Waals surface area contributed by atoms with Crippen LogP contribution >= 0.6 is 11.3 Å². The zero-order valence-corrected chi connectivity index (χ0v) is 19.7. The lowest BCUT2D eigenvalue weighted by atomic mass is 9.85. The van der Waals surface area contributed by atoms with Crippen molar-refractivity contribution in [3.63, 3.8) is 0 Å². The number of thiophene rings is 1. The van der Waals surface area contributed by atoms with Crippen molar-refractivity contribution in [3.05, 3.63) is 93.8 Å². The average Bonchev–Trinajstić information content (AvgIpc) is 3.45. The minimum Gasteiger partial charge on any atom is -0.393 e. The van der Waals surface area contributed by atoms with Crippen LogP contribution in [0.4, 0.5) is 8.63 Å². The second kappa shape index (κ2) is 6.84. The maximum absolute atomic E-state index is 15.8. The third kappa shape index (κ3) is 2.78. The van der Waals surface area contributed by atoms with Gasteiger partial charge < -0.3 is 17.6 Å². The van der Waals surface area contributed by atoms with E-state index in [-0.39, 0.29) is 0 Å². The predicted molar refractivity (Wildman–Crippen MR) is 133 cm³/mol. The SMILES string of the molecule is CC1=CC(C)=[N+]2C1=C(c1ccc(-c3ccc4ccccc4n3)s1)c1c(C)cc(C)n1[B-]2(F)F. The summed E-state index contributed by atoms with van der Waals surface area (Å²) in [6.07, 6.45) is 1.86. The first-order chi connectivity index (χ1) is 15.8. The Labute approximate surface area is 195 Å². The molecule has 7 heteroatoms. The van der Waals surface area contributed by atoms with E-state index in [2.05, 4.69) is 6.07 Å². The minimum absolute atomic E-state index is 0.578. The molecular weight excluding hydrogens is 435 g/mol. The summed E-state index contributed by atoms with van der Waals surface area (Å²) in [6.45, 7) is 3.41. The van der Waals surface area contributed by atoms with Gasteiger partial charge in [0.25, 0.3) is 0 Å². The van der Waals surface area contributed by atoms with Crippen LogP contribution in [0.3, 0.4) is 0 Å². The molecule has 3 aromatic heterocycles. The number of aryl methyl sites for hydroxylation is 2. The van der Waals surface area contributed by atoms with Crippen molar-refractivity contribution in [2.45, 2.75) is 27.7 Å². The Kier molecular flexibility index (Phi) is 4.21. The highest BCUT2D eigenvalue weighted by molar-refractivity contribution is 7.16. The standard InChI is InChI=1S/C26H22BF2N3S/c1-15-13-17(3)31-25(15)24(26-16(2)14-18(4)32(26)27(31,28)29)23-12-11-22(33-23)21-10-9-19-7-5-6-8-20(19)30-21/h5-14H,1-4H3. The van der Waals surface area contributed by atoms with E-state index in [0.717, 1.165) is 43.1 Å². The van der Waals surface area contributed by atoms with Gasteiger partial charge >= 0.3 is 6.97 Å². The first kappa shape index (κ1) is 20.3. The summed E-state index contributed by atoms with van der Waals surface area (Å²) in [6, 6.07) is 18.1. The van der Waals surface area contributed by atoms with Crippen LogP contribution in [0, 0.1) is 13.8 Å². The topological polar surface area (TPSA) is 20.8 Å². The molecule has 5 heterocycles. The lowest BCUT2D eigenvalue weighted by molar-refractivity contribution is -0.363. The molecule has 0 amide bonds. The molecule has 1 aromatic carbocycles. The highest BCUT2D eigenvalue weighted by Gasteiger charge is 2.55. The molecule has 0 saturated carbocycles. The average molecular weight is 457 g/mol. The number of fused-ring (bicyclic) bond motifs is 3. The summed E-state index contributed by atoms with van der Waals surface area (Å²) >= 11 is 1.60. The zero-order chi connectivity index (χ0) is 23.1. The van der Waals surface area contributed by atoms with Crippen molar-refractivity contribution in [1.82, 2.24) is 9.46 Å². The molecule has 2 aliphatic rings. The van der Waals surface area contributed by atoms with Crippen LogP contribution in [0.5, 0.6) is 0 Å². The van der Waals surface area contributed by atoms with Gasteiger partial charge in [-0.25, -0.2) is 4.98 Å². The van der Waals surface area contributed by atoms with Gasteiger partial charge in [0.15, 0.2) is 5.70 Å². The zero-order valence-electron chi connectivity index (χ0n) is 18.9. The Bertz CT molecular complexity index is 1590. The molecule has 0 aliphatic carbocycles. The van der Waals surface area contributed by atoms with E-state index in [4.69, 9.17) is 4.98 Å².